The molecule has 0 atom stereocenters. The Balaban J connectivity index is 1.65. The van der Waals surface area contributed by atoms with Gasteiger partial charge in [-0.1, -0.05) is 23.3 Å². The molecule has 0 amide bonds. The van der Waals surface area contributed by atoms with Crippen molar-refractivity contribution in [2.75, 3.05) is 6.79 Å². The van der Waals surface area contributed by atoms with Crippen LogP contribution in [0.5, 0.6) is 23.3 Å². The zero-order valence-corrected chi connectivity index (χ0v) is 10.8. The van der Waals surface area contributed by atoms with Crippen molar-refractivity contribution in [2.45, 2.75) is 0 Å². The first kappa shape index (κ1) is 11.7. The molecule has 1 aliphatic rings. The summed E-state index contributed by atoms with van der Waals surface area (Å²) in [5.41, 5.74) is 0.818. The molecule has 2 heterocycles. The van der Waals surface area contributed by atoms with Gasteiger partial charge < -0.3 is 14.2 Å². The molecule has 0 saturated carbocycles. The van der Waals surface area contributed by atoms with E-state index in [4.69, 9.17) is 14.2 Å². The summed E-state index contributed by atoms with van der Waals surface area (Å²) in [5, 5.41) is 11.5. The number of rotatable bonds is 3. The highest BCUT2D eigenvalue weighted by molar-refractivity contribution is 5.47. The molecule has 7 nitrogen and oxygen atoms in total. The highest BCUT2D eigenvalue weighted by Gasteiger charge is 2.16. The van der Waals surface area contributed by atoms with E-state index < -0.39 is 0 Å². The molecule has 3 aromatic rings. The molecule has 1 aliphatic heterocycles. The quantitative estimate of drug-likeness (QED) is 0.733. The Morgan fingerprint density at radius 2 is 1.86 bits per heavy atom. The first-order valence-corrected chi connectivity index (χ1v) is 6.31. The Labute approximate surface area is 119 Å². The average Bonchev–Trinajstić information content (AvgIpc) is 3.16. The molecular formula is C14H10N4O3. The number of nitrogens with zero attached hydrogens (tertiary/aromatic N) is 4. The summed E-state index contributed by atoms with van der Waals surface area (Å²) in [4.78, 5) is 0. The second-order valence-corrected chi connectivity index (χ2v) is 4.33. The lowest BCUT2D eigenvalue weighted by atomic mass is 10.3. The van der Waals surface area contributed by atoms with Crippen LogP contribution in [0, 0.1) is 0 Å². The molecule has 4 rings (SSSR count). The standard InChI is InChI=1S/C14H10N4O3/c1-2-4-10(5-3-1)18-14(15-16-17-18)21-11-6-7-12-13(8-11)20-9-19-12/h1-8H,9H2. The lowest BCUT2D eigenvalue weighted by Gasteiger charge is -2.06. The van der Waals surface area contributed by atoms with E-state index in [0.717, 1.165) is 5.69 Å². The Bertz CT molecular complexity index is 773. The molecule has 21 heavy (non-hydrogen) atoms. The molecule has 1 aromatic heterocycles. The van der Waals surface area contributed by atoms with Gasteiger partial charge in [-0.2, -0.15) is 4.68 Å². The van der Waals surface area contributed by atoms with Crippen LogP contribution in [0.1, 0.15) is 0 Å². The van der Waals surface area contributed by atoms with Gasteiger partial charge in [-0.05, 0) is 34.7 Å². The van der Waals surface area contributed by atoms with Gasteiger partial charge in [0, 0.05) is 6.07 Å². The van der Waals surface area contributed by atoms with Crippen LogP contribution in [0.2, 0.25) is 0 Å². The van der Waals surface area contributed by atoms with Gasteiger partial charge in [0.25, 0.3) is 0 Å². The number of aromatic nitrogens is 4. The summed E-state index contributed by atoms with van der Waals surface area (Å²) in [6, 6.07) is 15.1. The summed E-state index contributed by atoms with van der Waals surface area (Å²) in [6.07, 6.45) is 0. The van der Waals surface area contributed by atoms with Crippen molar-refractivity contribution < 1.29 is 14.2 Å². The molecule has 0 fully saturated rings. The number of fused-ring (bicyclic) bond motifs is 1. The van der Waals surface area contributed by atoms with Gasteiger partial charge in [-0.15, -0.1) is 0 Å². The fourth-order valence-electron chi connectivity index (χ4n) is 2.02. The van der Waals surface area contributed by atoms with Crippen LogP contribution in [-0.2, 0) is 0 Å². The van der Waals surface area contributed by atoms with Gasteiger partial charge in [-0.3, -0.25) is 0 Å². The van der Waals surface area contributed by atoms with Crippen molar-refractivity contribution >= 4 is 0 Å². The second-order valence-electron chi connectivity index (χ2n) is 4.33. The van der Waals surface area contributed by atoms with E-state index in [9.17, 15) is 0 Å². The van der Waals surface area contributed by atoms with Gasteiger partial charge in [0.1, 0.15) is 5.75 Å². The smallest absolute Gasteiger partial charge is 0.345 e. The zero-order chi connectivity index (χ0) is 14.1. The van der Waals surface area contributed by atoms with Crippen molar-refractivity contribution in [3.63, 3.8) is 0 Å². The Morgan fingerprint density at radius 1 is 1.00 bits per heavy atom. The molecule has 7 heteroatoms. The fraction of sp³-hybridized carbons (Fsp3) is 0.0714. The van der Waals surface area contributed by atoms with Gasteiger partial charge >= 0.3 is 6.01 Å². The van der Waals surface area contributed by atoms with Gasteiger partial charge in [0.2, 0.25) is 6.79 Å². The summed E-state index contributed by atoms with van der Waals surface area (Å²) in [7, 11) is 0. The van der Waals surface area contributed by atoms with Crippen molar-refractivity contribution in [1.82, 2.24) is 20.2 Å². The molecule has 0 bridgehead atoms. The molecule has 104 valence electrons. The molecule has 0 saturated heterocycles. The lowest BCUT2D eigenvalue weighted by Crippen LogP contribution is -1.99. The van der Waals surface area contributed by atoms with E-state index in [1.165, 1.54) is 4.68 Å². The first-order chi connectivity index (χ1) is 10.4. The van der Waals surface area contributed by atoms with Gasteiger partial charge in [0.15, 0.2) is 11.5 Å². The minimum atomic E-state index is 0.223. The maximum absolute atomic E-state index is 5.72. The number of hydrogen-bond acceptors (Lipinski definition) is 6. The van der Waals surface area contributed by atoms with Gasteiger partial charge in [0.05, 0.1) is 5.69 Å². The average molecular weight is 282 g/mol. The maximum Gasteiger partial charge on any atom is 0.345 e. The van der Waals surface area contributed by atoms with E-state index in [0.29, 0.717) is 17.2 Å². The summed E-state index contributed by atoms with van der Waals surface area (Å²) in [6.45, 7) is 0.223. The third-order valence-electron chi connectivity index (χ3n) is 2.99. The predicted molar refractivity (Wildman–Crippen MR) is 71.8 cm³/mol. The Hall–Kier alpha value is -3.09. The van der Waals surface area contributed by atoms with E-state index in [1.807, 2.05) is 30.3 Å². The van der Waals surface area contributed by atoms with E-state index in [1.54, 1.807) is 18.2 Å². The van der Waals surface area contributed by atoms with Gasteiger partial charge in [-0.25, -0.2) is 0 Å². The number of benzene rings is 2. The number of hydrogen-bond donors (Lipinski definition) is 0. The van der Waals surface area contributed by atoms with Crippen molar-refractivity contribution in [3.05, 3.63) is 48.5 Å². The minimum Gasteiger partial charge on any atom is -0.454 e. The second kappa shape index (κ2) is 4.78. The van der Waals surface area contributed by atoms with E-state index in [-0.39, 0.29) is 12.8 Å². The van der Waals surface area contributed by atoms with Crippen molar-refractivity contribution in [3.8, 4) is 28.9 Å². The van der Waals surface area contributed by atoms with E-state index in [2.05, 4.69) is 15.5 Å². The van der Waals surface area contributed by atoms with Crippen molar-refractivity contribution in [1.29, 1.82) is 0 Å². The van der Waals surface area contributed by atoms with Crippen LogP contribution in [0.3, 0.4) is 0 Å². The highest BCUT2D eigenvalue weighted by atomic mass is 16.7. The molecule has 0 aliphatic carbocycles. The first-order valence-electron chi connectivity index (χ1n) is 6.31. The molecule has 0 spiro atoms. The Morgan fingerprint density at radius 3 is 2.76 bits per heavy atom. The summed E-state index contributed by atoms with van der Waals surface area (Å²) < 4.78 is 17.8. The van der Waals surface area contributed by atoms with Crippen LogP contribution in [-0.4, -0.2) is 27.0 Å². The normalized spacial score (nSPS) is 12.4. The minimum absolute atomic E-state index is 0.223. The Kier molecular flexibility index (Phi) is 2.67. The largest absolute Gasteiger partial charge is 0.454 e. The fourth-order valence-corrected chi connectivity index (χ4v) is 2.02. The maximum atomic E-state index is 5.72. The predicted octanol–water partition coefficient (Wildman–Crippen LogP) is 2.18. The molecular weight excluding hydrogens is 272 g/mol. The third-order valence-corrected chi connectivity index (χ3v) is 2.99. The van der Waals surface area contributed by atoms with Crippen LogP contribution >= 0.6 is 0 Å². The zero-order valence-electron chi connectivity index (χ0n) is 10.8. The van der Waals surface area contributed by atoms with Crippen LogP contribution < -0.4 is 14.2 Å². The van der Waals surface area contributed by atoms with Crippen molar-refractivity contribution in [2.24, 2.45) is 0 Å². The molecule has 2 aromatic carbocycles. The summed E-state index contributed by atoms with van der Waals surface area (Å²) >= 11 is 0. The molecule has 0 N–H and O–H groups in total. The highest BCUT2D eigenvalue weighted by Crippen LogP contribution is 2.36. The summed E-state index contributed by atoms with van der Waals surface area (Å²) in [5.74, 6) is 1.92. The van der Waals surface area contributed by atoms with Crippen LogP contribution in [0.25, 0.3) is 5.69 Å². The molecule has 0 unspecified atom stereocenters. The topological polar surface area (TPSA) is 71.3 Å². The number of ether oxygens (including phenoxy) is 3. The van der Waals surface area contributed by atoms with Crippen LogP contribution in [0.15, 0.2) is 48.5 Å². The monoisotopic (exact) mass is 282 g/mol. The third kappa shape index (κ3) is 2.14. The SMILES string of the molecule is c1ccc(-n2nnnc2Oc2ccc3c(c2)OCO3)cc1. The lowest BCUT2D eigenvalue weighted by molar-refractivity contribution is 0.174. The molecule has 0 radical (unpaired) electrons. The van der Waals surface area contributed by atoms with Crippen LogP contribution in [0.4, 0.5) is 0 Å². The van der Waals surface area contributed by atoms with E-state index >= 15 is 0 Å². The number of tetrazole rings is 1. The number of para-hydroxylation sites is 1.